The summed E-state index contributed by atoms with van der Waals surface area (Å²) in [6.45, 7) is 5.63. The first-order chi connectivity index (χ1) is 6.89. The van der Waals surface area contributed by atoms with E-state index in [1.165, 1.54) is 10.9 Å². The van der Waals surface area contributed by atoms with Crippen molar-refractivity contribution in [2.24, 2.45) is 0 Å². The second-order valence-corrected chi connectivity index (χ2v) is 4.29. The SMILES string of the molecule is CC(C)(C)n1cnc2oc(=O)[nH]c2c1=O. The molecule has 80 valence electrons. The molecule has 0 fully saturated rings. The van der Waals surface area contributed by atoms with Crippen molar-refractivity contribution < 1.29 is 4.42 Å². The van der Waals surface area contributed by atoms with Crippen LogP contribution in [0.4, 0.5) is 0 Å². The molecule has 0 amide bonds. The van der Waals surface area contributed by atoms with E-state index in [2.05, 4.69) is 14.4 Å². The first-order valence-electron chi connectivity index (χ1n) is 4.50. The quantitative estimate of drug-likeness (QED) is 0.682. The molecule has 2 rings (SSSR count). The molecule has 0 unspecified atom stereocenters. The Bertz CT molecular complexity index is 612. The summed E-state index contributed by atoms with van der Waals surface area (Å²) < 4.78 is 6.13. The average Bonchev–Trinajstić information content (AvgIpc) is 2.44. The van der Waals surface area contributed by atoms with E-state index in [0.717, 1.165) is 0 Å². The average molecular weight is 209 g/mol. The summed E-state index contributed by atoms with van der Waals surface area (Å²) in [6, 6.07) is 0. The van der Waals surface area contributed by atoms with Crippen LogP contribution in [-0.4, -0.2) is 14.5 Å². The summed E-state index contributed by atoms with van der Waals surface area (Å²) in [6.07, 6.45) is 1.38. The highest BCUT2D eigenvalue weighted by molar-refractivity contribution is 5.65. The van der Waals surface area contributed by atoms with Gasteiger partial charge in [-0.3, -0.25) is 14.3 Å². The third kappa shape index (κ3) is 1.47. The zero-order valence-corrected chi connectivity index (χ0v) is 8.70. The lowest BCUT2D eigenvalue weighted by molar-refractivity contribution is 0.380. The largest absolute Gasteiger partial charge is 0.418 e. The predicted octanol–water partition coefficient (Wildman–Crippen LogP) is 0.433. The molecule has 0 aliphatic carbocycles. The summed E-state index contributed by atoms with van der Waals surface area (Å²) in [5.74, 6) is -0.666. The van der Waals surface area contributed by atoms with Crippen LogP contribution in [0.2, 0.25) is 0 Å². The van der Waals surface area contributed by atoms with E-state index >= 15 is 0 Å². The van der Waals surface area contributed by atoms with Gasteiger partial charge in [-0.1, -0.05) is 0 Å². The Kier molecular flexibility index (Phi) is 1.82. The number of fused-ring (bicyclic) bond motifs is 1. The van der Waals surface area contributed by atoms with Gasteiger partial charge < -0.3 is 4.42 Å². The molecular weight excluding hydrogens is 198 g/mol. The minimum absolute atomic E-state index is 0.0468. The number of aromatic amines is 1. The smallest absolute Gasteiger partial charge is 0.388 e. The van der Waals surface area contributed by atoms with Crippen LogP contribution in [0, 0.1) is 0 Å². The van der Waals surface area contributed by atoms with E-state index in [9.17, 15) is 9.59 Å². The van der Waals surface area contributed by atoms with Gasteiger partial charge in [-0.05, 0) is 20.8 Å². The minimum Gasteiger partial charge on any atom is -0.388 e. The van der Waals surface area contributed by atoms with Gasteiger partial charge in [0, 0.05) is 5.54 Å². The van der Waals surface area contributed by atoms with E-state index < -0.39 is 5.76 Å². The van der Waals surface area contributed by atoms with Crippen LogP contribution < -0.4 is 11.3 Å². The van der Waals surface area contributed by atoms with Gasteiger partial charge in [-0.25, -0.2) is 9.78 Å². The zero-order chi connectivity index (χ0) is 11.2. The van der Waals surface area contributed by atoms with E-state index in [0.29, 0.717) is 0 Å². The third-order valence-corrected chi connectivity index (χ3v) is 2.08. The number of H-pyrrole nitrogens is 1. The van der Waals surface area contributed by atoms with Crippen molar-refractivity contribution in [3.63, 3.8) is 0 Å². The first-order valence-corrected chi connectivity index (χ1v) is 4.50. The molecule has 0 radical (unpaired) electrons. The van der Waals surface area contributed by atoms with E-state index in [-0.39, 0.29) is 22.3 Å². The van der Waals surface area contributed by atoms with Gasteiger partial charge in [0.25, 0.3) is 11.3 Å². The molecule has 2 aromatic rings. The molecule has 0 saturated heterocycles. The minimum atomic E-state index is -0.666. The maximum Gasteiger partial charge on any atom is 0.418 e. The lowest BCUT2D eigenvalue weighted by atomic mass is 10.1. The number of hydrogen-bond acceptors (Lipinski definition) is 4. The van der Waals surface area contributed by atoms with Crippen LogP contribution >= 0.6 is 0 Å². The highest BCUT2D eigenvalue weighted by atomic mass is 16.4. The Morgan fingerprint density at radius 2 is 2.07 bits per heavy atom. The van der Waals surface area contributed by atoms with Crippen molar-refractivity contribution in [1.29, 1.82) is 0 Å². The van der Waals surface area contributed by atoms with Gasteiger partial charge in [-0.2, -0.15) is 0 Å². The van der Waals surface area contributed by atoms with Gasteiger partial charge >= 0.3 is 5.76 Å². The summed E-state index contributed by atoms with van der Waals surface area (Å²) >= 11 is 0. The topological polar surface area (TPSA) is 80.9 Å². The summed E-state index contributed by atoms with van der Waals surface area (Å²) in [4.78, 5) is 29.0. The Morgan fingerprint density at radius 3 is 2.67 bits per heavy atom. The Balaban J connectivity index is 2.87. The van der Waals surface area contributed by atoms with E-state index in [4.69, 9.17) is 0 Å². The number of rotatable bonds is 0. The van der Waals surface area contributed by atoms with Crippen LogP contribution in [0.3, 0.4) is 0 Å². The van der Waals surface area contributed by atoms with Gasteiger partial charge in [0.15, 0.2) is 5.52 Å². The number of aromatic nitrogens is 3. The highest BCUT2D eigenvalue weighted by Crippen LogP contribution is 2.11. The van der Waals surface area contributed by atoms with Gasteiger partial charge in [0.2, 0.25) is 0 Å². The molecule has 2 heterocycles. The Morgan fingerprint density at radius 1 is 1.40 bits per heavy atom. The van der Waals surface area contributed by atoms with Crippen molar-refractivity contribution >= 4 is 11.2 Å². The first kappa shape index (κ1) is 9.70. The van der Waals surface area contributed by atoms with Crippen LogP contribution in [0.15, 0.2) is 20.3 Å². The highest BCUT2D eigenvalue weighted by Gasteiger charge is 2.18. The van der Waals surface area contributed by atoms with E-state index in [1.54, 1.807) is 0 Å². The van der Waals surface area contributed by atoms with Crippen LogP contribution in [0.1, 0.15) is 20.8 Å². The molecule has 0 aliphatic rings. The van der Waals surface area contributed by atoms with Crippen molar-refractivity contribution in [3.05, 3.63) is 27.2 Å². The Hall–Kier alpha value is -1.85. The van der Waals surface area contributed by atoms with E-state index in [1.807, 2.05) is 20.8 Å². The fraction of sp³-hybridized carbons (Fsp3) is 0.444. The molecule has 0 aromatic carbocycles. The van der Waals surface area contributed by atoms with Crippen LogP contribution in [0.5, 0.6) is 0 Å². The van der Waals surface area contributed by atoms with Gasteiger partial charge in [-0.15, -0.1) is 0 Å². The van der Waals surface area contributed by atoms with Gasteiger partial charge in [0.1, 0.15) is 6.33 Å². The molecule has 2 aromatic heterocycles. The molecule has 0 spiro atoms. The molecule has 0 aliphatic heterocycles. The van der Waals surface area contributed by atoms with Crippen molar-refractivity contribution in [3.8, 4) is 0 Å². The maximum absolute atomic E-state index is 11.9. The summed E-state index contributed by atoms with van der Waals surface area (Å²) in [5.41, 5.74) is -0.534. The third-order valence-electron chi connectivity index (χ3n) is 2.08. The predicted molar refractivity (Wildman–Crippen MR) is 53.9 cm³/mol. The molecular formula is C9H11N3O3. The second-order valence-electron chi connectivity index (χ2n) is 4.29. The van der Waals surface area contributed by atoms with Crippen molar-refractivity contribution in [2.75, 3.05) is 0 Å². The van der Waals surface area contributed by atoms with Gasteiger partial charge in [0.05, 0.1) is 0 Å². The molecule has 15 heavy (non-hydrogen) atoms. The number of nitrogens with zero attached hydrogens (tertiary/aromatic N) is 2. The summed E-state index contributed by atoms with van der Waals surface area (Å²) in [7, 11) is 0. The fourth-order valence-electron chi connectivity index (χ4n) is 1.32. The standard InChI is InChI=1S/C9H11N3O3/c1-9(2,3)12-4-10-6-5(7(12)13)11-8(14)15-6/h4H,1-3H3,(H,11,14). The van der Waals surface area contributed by atoms with Crippen LogP contribution in [-0.2, 0) is 5.54 Å². The number of hydrogen-bond donors (Lipinski definition) is 1. The van der Waals surface area contributed by atoms with Crippen molar-refractivity contribution in [1.82, 2.24) is 14.5 Å². The molecule has 6 heteroatoms. The lowest BCUT2D eigenvalue weighted by Gasteiger charge is -2.20. The Labute approximate surface area is 84.6 Å². The zero-order valence-electron chi connectivity index (χ0n) is 8.70. The molecule has 0 saturated carbocycles. The second kappa shape index (κ2) is 2.82. The maximum atomic E-state index is 11.9. The number of oxazole rings is 1. The lowest BCUT2D eigenvalue weighted by Crippen LogP contribution is -2.33. The van der Waals surface area contributed by atoms with Crippen molar-refractivity contribution in [2.45, 2.75) is 26.3 Å². The number of nitrogens with one attached hydrogen (secondary N) is 1. The molecule has 6 nitrogen and oxygen atoms in total. The van der Waals surface area contributed by atoms with Crippen LogP contribution in [0.25, 0.3) is 11.2 Å². The molecule has 0 atom stereocenters. The summed E-state index contributed by atoms with van der Waals surface area (Å²) in [5, 5.41) is 0. The molecule has 0 bridgehead atoms. The fourth-order valence-corrected chi connectivity index (χ4v) is 1.32. The normalized spacial score (nSPS) is 12.2. The monoisotopic (exact) mass is 209 g/mol. The molecule has 1 N–H and O–H groups in total.